The topological polar surface area (TPSA) is 81.9 Å². The lowest BCUT2D eigenvalue weighted by atomic mass is 9.82. The molecular weight excluding hydrogens is 354 g/mol. The SMILES string of the molecule is CC(C)(C)CC(C)(C)NC(=O)Cn1nnnc1COc1ccc(Cl)cc1. The first-order valence-corrected chi connectivity index (χ1v) is 8.86. The summed E-state index contributed by atoms with van der Waals surface area (Å²) in [6.45, 7) is 10.7. The molecule has 1 heterocycles. The minimum Gasteiger partial charge on any atom is -0.486 e. The fourth-order valence-electron chi connectivity index (χ4n) is 3.05. The van der Waals surface area contributed by atoms with Gasteiger partial charge in [-0.2, -0.15) is 0 Å². The Labute approximate surface area is 159 Å². The van der Waals surface area contributed by atoms with Crippen LogP contribution in [0.2, 0.25) is 5.02 Å². The number of amides is 1. The molecule has 0 saturated heterocycles. The molecule has 0 fully saturated rings. The molecule has 1 amide bonds. The number of halogens is 1. The van der Waals surface area contributed by atoms with Crippen LogP contribution in [-0.4, -0.2) is 31.7 Å². The second-order valence-electron chi connectivity index (χ2n) is 8.16. The van der Waals surface area contributed by atoms with Gasteiger partial charge in [-0.1, -0.05) is 32.4 Å². The highest BCUT2D eigenvalue weighted by Gasteiger charge is 2.27. The molecule has 142 valence electrons. The molecule has 1 aromatic carbocycles. The fourth-order valence-corrected chi connectivity index (χ4v) is 3.18. The van der Waals surface area contributed by atoms with Crippen LogP contribution in [0.5, 0.6) is 5.75 Å². The second-order valence-corrected chi connectivity index (χ2v) is 8.60. The van der Waals surface area contributed by atoms with Crippen LogP contribution in [0.1, 0.15) is 46.9 Å². The van der Waals surface area contributed by atoms with E-state index in [1.807, 2.05) is 13.8 Å². The van der Waals surface area contributed by atoms with Gasteiger partial charge in [-0.05, 0) is 60.4 Å². The lowest BCUT2D eigenvalue weighted by Crippen LogP contribution is -2.47. The van der Waals surface area contributed by atoms with E-state index in [0.717, 1.165) is 6.42 Å². The molecule has 7 nitrogen and oxygen atoms in total. The van der Waals surface area contributed by atoms with Gasteiger partial charge in [0.05, 0.1) is 0 Å². The molecule has 8 heteroatoms. The molecule has 0 bridgehead atoms. The highest BCUT2D eigenvalue weighted by atomic mass is 35.5. The molecule has 0 aliphatic heterocycles. The summed E-state index contributed by atoms with van der Waals surface area (Å²) in [5.41, 5.74) is -0.202. The van der Waals surface area contributed by atoms with Crippen molar-refractivity contribution in [2.24, 2.45) is 5.41 Å². The zero-order valence-corrected chi connectivity index (χ0v) is 16.7. The Morgan fingerprint density at radius 2 is 1.85 bits per heavy atom. The summed E-state index contributed by atoms with van der Waals surface area (Å²) in [7, 11) is 0. The maximum atomic E-state index is 12.4. The van der Waals surface area contributed by atoms with Crippen molar-refractivity contribution >= 4 is 17.5 Å². The van der Waals surface area contributed by atoms with E-state index in [0.29, 0.717) is 16.6 Å². The molecule has 0 unspecified atom stereocenters. The average Bonchev–Trinajstić information content (AvgIpc) is 2.90. The molecule has 2 rings (SSSR count). The quantitative estimate of drug-likeness (QED) is 0.798. The van der Waals surface area contributed by atoms with Crippen molar-refractivity contribution in [1.82, 2.24) is 25.5 Å². The predicted octanol–water partition coefficient (Wildman–Crippen LogP) is 3.24. The Morgan fingerprint density at radius 3 is 2.46 bits per heavy atom. The molecule has 1 N–H and O–H groups in total. The van der Waals surface area contributed by atoms with E-state index in [-0.39, 0.29) is 30.0 Å². The van der Waals surface area contributed by atoms with Crippen LogP contribution in [0.15, 0.2) is 24.3 Å². The number of carbonyl (C=O) groups is 1. The summed E-state index contributed by atoms with van der Waals surface area (Å²) >= 11 is 5.85. The van der Waals surface area contributed by atoms with Crippen molar-refractivity contribution in [3.8, 4) is 5.75 Å². The summed E-state index contributed by atoms with van der Waals surface area (Å²) < 4.78 is 7.08. The number of aromatic nitrogens is 4. The number of benzene rings is 1. The monoisotopic (exact) mass is 379 g/mol. The molecule has 0 spiro atoms. The first kappa shape index (κ1) is 20.2. The van der Waals surface area contributed by atoms with Crippen LogP contribution in [0, 0.1) is 5.41 Å². The van der Waals surface area contributed by atoms with Crippen molar-refractivity contribution in [1.29, 1.82) is 0 Å². The molecule has 0 aliphatic rings. The van der Waals surface area contributed by atoms with Gasteiger partial charge in [-0.3, -0.25) is 4.79 Å². The molecule has 2 aromatic rings. The summed E-state index contributed by atoms with van der Waals surface area (Å²) in [6.07, 6.45) is 0.855. The maximum Gasteiger partial charge on any atom is 0.242 e. The number of ether oxygens (including phenoxy) is 1. The minimum absolute atomic E-state index is 0.0416. The van der Waals surface area contributed by atoms with Crippen molar-refractivity contribution in [3.05, 3.63) is 35.1 Å². The van der Waals surface area contributed by atoms with Crippen LogP contribution in [0.3, 0.4) is 0 Å². The number of rotatable bonds is 7. The largest absolute Gasteiger partial charge is 0.486 e. The van der Waals surface area contributed by atoms with Gasteiger partial charge in [-0.15, -0.1) is 5.10 Å². The zero-order chi connectivity index (χ0) is 19.4. The Hall–Kier alpha value is -2.15. The summed E-state index contributed by atoms with van der Waals surface area (Å²) in [4.78, 5) is 12.4. The standard InChI is InChI=1S/C18H26ClN5O2/c1-17(2,3)12-18(4,5)20-16(25)10-24-15(21-22-23-24)11-26-14-8-6-13(19)7-9-14/h6-9H,10-12H2,1-5H3,(H,20,25). The minimum atomic E-state index is -0.316. The number of nitrogens with one attached hydrogen (secondary N) is 1. The Bertz CT molecular complexity index is 735. The van der Waals surface area contributed by atoms with Gasteiger partial charge in [0.15, 0.2) is 5.82 Å². The van der Waals surface area contributed by atoms with E-state index < -0.39 is 0 Å². The maximum absolute atomic E-state index is 12.4. The Kier molecular flexibility index (Phi) is 6.23. The summed E-state index contributed by atoms with van der Waals surface area (Å²) in [6, 6.07) is 7.01. The highest BCUT2D eigenvalue weighted by Crippen LogP contribution is 2.26. The van der Waals surface area contributed by atoms with Gasteiger partial charge in [0, 0.05) is 10.6 Å². The zero-order valence-electron chi connectivity index (χ0n) is 15.9. The van der Waals surface area contributed by atoms with E-state index in [4.69, 9.17) is 16.3 Å². The smallest absolute Gasteiger partial charge is 0.242 e. The van der Waals surface area contributed by atoms with E-state index >= 15 is 0 Å². The molecule has 26 heavy (non-hydrogen) atoms. The summed E-state index contributed by atoms with van der Waals surface area (Å²) in [5, 5.41) is 15.1. The third kappa shape index (κ3) is 6.63. The van der Waals surface area contributed by atoms with E-state index in [9.17, 15) is 4.79 Å². The van der Waals surface area contributed by atoms with Gasteiger partial charge in [0.25, 0.3) is 0 Å². The van der Waals surface area contributed by atoms with Crippen molar-refractivity contribution < 1.29 is 9.53 Å². The van der Waals surface area contributed by atoms with Gasteiger partial charge >= 0.3 is 0 Å². The fraction of sp³-hybridized carbons (Fsp3) is 0.556. The molecule has 1 aromatic heterocycles. The second kappa shape index (κ2) is 8.03. The van der Waals surface area contributed by atoms with Crippen LogP contribution in [0.4, 0.5) is 0 Å². The van der Waals surface area contributed by atoms with Gasteiger partial charge in [0.2, 0.25) is 5.91 Å². The molecule has 0 saturated carbocycles. The number of hydrogen-bond acceptors (Lipinski definition) is 5. The third-order valence-corrected chi connectivity index (χ3v) is 3.78. The van der Waals surface area contributed by atoms with Crippen molar-refractivity contribution in [2.75, 3.05) is 0 Å². The molecule has 0 radical (unpaired) electrons. The van der Waals surface area contributed by atoms with Crippen LogP contribution >= 0.6 is 11.6 Å². The summed E-state index contributed by atoms with van der Waals surface area (Å²) in [5.74, 6) is 0.989. The van der Waals surface area contributed by atoms with Crippen molar-refractivity contribution in [2.45, 2.75) is 59.7 Å². The van der Waals surface area contributed by atoms with Crippen molar-refractivity contribution in [3.63, 3.8) is 0 Å². The number of carbonyl (C=O) groups excluding carboxylic acids is 1. The van der Waals surface area contributed by atoms with Crippen LogP contribution < -0.4 is 10.1 Å². The number of tetrazole rings is 1. The molecule has 0 aliphatic carbocycles. The van der Waals surface area contributed by atoms with Crippen LogP contribution in [-0.2, 0) is 17.9 Å². The third-order valence-electron chi connectivity index (χ3n) is 3.53. The highest BCUT2D eigenvalue weighted by molar-refractivity contribution is 6.30. The predicted molar refractivity (Wildman–Crippen MR) is 99.9 cm³/mol. The first-order valence-electron chi connectivity index (χ1n) is 8.48. The lowest BCUT2D eigenvalue weighted by Gasteiger charge is -2.33. The number of nitrogens with zero attached hydrogens (tertiary/aromatic N) is 4. The van der Waals surface area contributed by atoms with E-state index in [1.54, 1.807) is 24.3 Å². The Morgan fingerprint density at radius 1 is 1.19 bits per heavy atom. The average molecular weight is 380 g/mol. The van der Waals surface area contributed by atoms with Gasteiger partial charge in [0.1, 0.15) is 18.9 Å². The van der Waals surface area contributed by atoms with E-state index in [2.05, 4.69) is 41.6 Å². The Balaban J connectivity index is 1.93. The molecule has 0 atom stereocenters. The molecular formula is C18H26ClN5O2. The van der Waals surface area contributed by atoms with Gasteiger partial charge in [-0.25, -0.2) is 4.68 Å². The lowest BCUT2D eigenvalue weighted by molar-refractivity contribution is -0.123. The number of hydrogen-bond donors (Lipinski definition) is 1. The van der Waals surface area contributed by atoms with E-state index in [1.165, 1.54) is 4.68 Å². The van der Waals surface area contributed by atoms with Gasteiger partial charge < -0.3 is 10.1 Å². The van der Waals surface area contributed by atoms with Crippen LogP contribution in [0.25, 0.3) is 0 Å². The first-order chi connectivity index (χ1) is 12.0. The normalized spacial score (nSPS) is 12.1.